The van der Waals surface area contributed by atoms with Crippen LogP contribution >= 0.6 is 0 Å². The Bertz CT molecular complexity index is 578. The molecule has 2 rings (SSSR count). The average Bonchev–Trinajstić information content (AvgIpc) is 2.46. The molecule has 2 aromatic rings. The highest BCUT2D eigenvalue weighted by molar-refractivity contribution is 5.48. The summed E-state index contributed by atoms with van der Waals surface area (Å²) in [5.74, 6) is 2.51. The van der Waals surface area contributed by atoms with Gasteiger partial charge in [-0.3, -0.25) is 0 Å². The van der Waals surface area contributed by atoms with Crippen LogP contribution in [0.25, 0.3) is 0 Å². The normalized spacial score (nSPS) is 11.8. The molecule has 106 valence electrons. The van der Waals surface area contributed by atoms with Crippen LogP contribution in [-0.2, 0) is 0 Å². The molecule has 1 unspecified atom stereocenters. The minimum atomic E-state index is -0.688. The fourth-order valence-electron chi connectivity index (χ4n) is 1.99. The maximum absolute atomic E-state index is 9.91. The fourth-order valence-corrected chi connectivity index (χ4v) is 1.99. The summed E-state index contributed by atoms with van der Waals surface area (Å²) in [6, 6.07) is 12.7. The molecule has 0 amide bonds. The average molecular weight is 274 g/mol. The first-order chi connectivity index (χ1) is 9.65. The van der Waals surface area contributed by atoms with Crippen molar-refractivity contribution in [3.05, 3.63) is 48.0 Å². The summed E-state index contributed by atoms with van der Waals surface area (Å²) in [6.07, 6.45) is -0.688. The highest BCUT2D eigenvalue weighted by Gasteiger charge is 2.16. The van der Waals surface area contributed by atoms with Crippen molar-refractivity contribution in [1.29, 1.82) is 0 Å². The van der Waals surface area contributed by atoms with Gasteiger partial charge in [0.05, 0.1) is 25.9 Å². The summed E-state index contributed by atoms with van der Waals surface area (Å²) in [7, 11) is 3.17. The molecular weight excluding hydrogens is 256 g/mol. The Labute approximate surface area is 118 Å². The Morgan fingerprint density at radius 3 is 2.20 bits per heavy atom. The Morgan fingerprint density at radius 2 is 1.55 bits per heavy atom. The molecule has 0 aliphatic rings. The zero-order chi connectivity index (χ0) is 14.5. The first-order valence-electron chi connectivity index (χ1n) is 6.32. The van der Waals surface area contributed by atoms with Gasteiger partial charge in [-0.25, -0.2) is 0 Å². The number of methoxy groups -OCH3 is 2. The van der Waals surface area contributed by atoms with Gasteiger partial charge in [-0.15, -0.1) is 0 Å². The second kappa shape index (κ2) is 6.30. The molecule has 2 aromatic carbocycles. The number of rotatable bonds is 5. The molecule has 0 heterocycles. The monoisotopic (exact) mass is 274 g/mol. The molecular formula is C16H18O4. The molecule has 4 heteroatoms. The third-order valence-electron chi connectivity index (χ3n) is 2.93. The molecule has 0 bridgehead atoms. The van der Waals surface area contributed by atoms with Crippen LogP contribution in [0.2, 0.25) is 0 Å². The van der Waals surface area contributed by atoms with Crippen molar-refractivity contribution in [2.45, 2.75) is 13.0 Å². The summed E-state index contributed by atoms with van der Waals surface area (Å²) < 4.78 is 16.3. The van der Waals surface area contributed by atoms with Crippen LogP contribution < -0.4 is 14.2 Å². The number of aliphatic hydroxyl groups is 1. The Balaban J connectivity index is 2.37. The molecule has 0 aromatic heterocycles. The second-order valence-corrected chi connectivity index (χ2v) is 4.33. The van der Waals surface area contributed by atoms with E-state index in [1.54, 1.807) is 39.3 Å². The van der Waals surface area contributed by atoms with E-state index in [4.69, 9.17) is 14.2 Å². The van der Waals surface area contributed by atoms with Gasteiger partial charge in [-0.05, 0) is 31.2 Å². The van der Waals surface area contributed by atoms with E-state index in [1.807, 2.05) is 24.3 Å². The topological polar surface area (TPSA) is 47.9 Å². The summed E-state index contributed by atoms with van der Waals surface area (Å²) in [5, 5.41) is 9.91. The van der Waals surface area contributed by atoms with E-state index in [2.05, 4.69) is 0 Å². The standard InChI is InChI=1S/C16H18O4/c1-11(17)16-14(19-3)8-5-9-15(16)20-13-7-4-6-12(10-13)18-2/h4-11,17H,1-3H3. The number of hydrogen-bond donors (Lipinski definition) is 1. The predicted molar refractivity (Wildman–Crippen MR) is 76.7 cm³/mol. The zero-order valence-corrected chi connectivity index (χ0v) is 11.8. The first kappa shape index (κ1) is 14.2. The van der Waals surface area contributed by atoms with E-state index in [0.717, 1.165) is 0 Å². The first-order valence-corrected chi connectivity index (χ1v) is 6.32. The van der Waals surface area contributed by atoms with Gasteiger partial charge in [0.1, 0.15) is 23.0 Å². The molecule has 0 saturated heterocycles. The lowest BCUT2D eigenvalue weighted by molar-refractivity contribution is 0.190. The van der Waals surface area contributed by atoms with Crippen molar-refractivity contribution in [2.75, 3.05) is 14.2 Å². The van der Waals surface area contributed by atoms with Crippen LogP contribution in [0.3, 0.4) is 0 Å². The third-order valence-corrected chi connectivity index (χ3v) is 2.93. The van der Waals surface area contributed by atoms with Gasteiger partial charge in [-0.2, -0.15) is 0 Å². The van der Waals surface area contributed by atoms with Crippen LogP contribution in [-0.4, -0.2) is 19.3 Å². The molecule has 0 aliphatic carbocycles. The van der Waals surface area contributed by atoms with Gasteiger partial charge >= 0.3 is 0 Å². The number of aliphatic hydroxyl groups excluding tert-OH is 1. The lowest BCUT2D eigenvalue weighted by atomic mass is 10.1. The molecule has 1 N–H and O–H groups in total. The van der Waals surface area contributed by atoms with Gasteiger partial charge in [0.2, 0.25) is 0 Å². The maximum atomic E-state index is 9.91. The molecule has 20 heavy (non-hydrogen) atoms. The molecule has 4 nitrogen and oxygen atoms in total. The minimum absolute atomic E-state index is 0.563. The van der Waals surface area contributed by atoms with Crippen molar-refractivity contribution < 1.29 is 19.3 Å². The second-order valence-electron chi connectivity index (χ2n) is 4.33. The molecule has 0 saturated carbocycles. The minimum Gasteiger partial charge on any atom is -0.497 e. The Hall–Kier alpha value is -2.20. The van der Waals surface area contributed by atoms with Crippen LogP contribution in [0.1, 0.15) is 18.6 Å². The van der Waals surface area contributed by atoms with E-state index < -0.39 is 6.10 Å². The largest absolute Gasteiger partial charge is 0.497 e. The van der Waals surface area contributed by atoms with Crippen molar-refractivity contribution in [3.8, 4) is 23.0 Å². The molecule has 1 atom stereocenters. The van der Waals surface area contributed by atoms with E-state index in [1.165, 1.54) is 0 Å². The van der Waals surface area contributed by atoms with Gasteiger partial charge < -0.3 is 19.3 Å². The van der Waals surface area contributed by atoms with E-state index >= 15 is 0 Å². The smallest absolute Gasteiger partial charge is 0.136 e. The van der Waals surface area contributed by atoms with Crippen LogP contribution in [0, 0.1) is 0 Å². The van der Waals surface area contributed by atoms with Crippen LogP contribution in [0.5, 0.6) is 23.0 Å². The van der Waals surface area contributed by atoms with Crippen LogP contribution in [0.15, 0.2) is 42.5 Å². The highest BCUT2D eigenvalue weighted by Crippen LogP contribution is 2.36. The Kier molecular flexibility index (Phi) is 4.48. The fraction of sp³-hybridized carbons (Fsp3) is 0.250. The zero-order valence-electron chi connectivity index (χ0n) is 11.8. The molecule has 0 spiro atoms. The summed E-state index contributed by atoms with van der Waals surface area (Å²) >= 11 is 0. The number of benzene rings is 2. The van der Waals surface area contributed by atoms with E-state index in [-0.39, 0.29) is 0 Å². The quantitative estimate of drug-likeness (QED) is 0.905. The van der Waals surface area contributed by atoms with Gasteiger partial charge in [0.25, 0.3) is 0 Å². The van der Waals surface area contributed by atoms with Crippen molar-refractivity contribution in [1.82, 2.24) is 0 Å². The van der Waals surface area contributed by atoms with Crippen molar-refractivity contribution in [2.24, 2.45) is 0 Å². The van der Waals surface area contributed by atoms with E-state index in [0.29, 0.717) is 28.6 Å². The van der Waals surface area contributed by atoms with Gasteiger partial charge in [0, 0.05) is 6.07 Å². The lowest BCUT2D eigenvalue weighted by Crippen LogP contribution is -2.00. The van der Waals surface area contributed by atoms with Gasteiger partial charge in [0.15, 0.2) is 0 Å². The number of ether oxygens (including phenoxy) is 3. The maximum Gasteiger partial charge on any atom is 0.136 e. The summed E-state index contributed by atoms with van der Waals surface area (Å²) in [5.41, 5.74) is 0.623. The Morgan fingerprint density at radius 1 is 0.900 bits per heavy atom. The van der Waals surface area contributed by atoms with Crippen molar-refractivity contribution in [3.63, 3.8) is 0 Å². The summed E-state index contributed by atoms with van der Waals surface area (Å²) in [4.78, 5) is 0. The van der Waals surface area contributed by atoms with Gasteiger partial charge in [-0.1, -0.05) is 12.1 Å². The van der Waals surface area contributed by atoms with Crippen molar-refractivity contribution >= 4 is 0 Å². The number of hydrogen-bond acceptors (Lipinski definition) is 4. The molecule has 0 fully saturated rings. The predicted octanol–water partition coefficient (Wildman–Crippen LogP) is 3.55. The molecule has 0 radical (unpaired) electrons. The summed E-state index contributed by atoms with van der Waals surface area (Å²) in [6.45, 7) is 1.68. The molecule has 0 aliphatic heterocycles. The SMILES string of the molecule is COc1cccc(Oc2cccc(OC)c2C(C)O)c1. The van der Waals surface area contributed by atoms with E-state index in [9.17, 15) is 5.11 Å². The highest BCUT2D eigenvalue weighted by atomic mass is 16.5. The lowest BCUT2D eigenvalue weighted by Gasteiger charge is -2.16. The van der Waals surface area contributed by atoms with Crippen LogP contribution in [0.4, 0.5) is 0 Å². The third kappa shape index (κ3) is 3.03.